The molecule has 2 aliphatic heterocycles. The molecule has 0 spiro atoms. The summed E-state index contributed by atoms with van der Waals surface area (Å²) in [4.78, 5) is 12.3. The van der Waals surface area contributed by atoms with Gasteiger partial charge in [-0.15, -0.1) is 0 Å². The molecule has 0 aromatic heterocycles. The summed E-state index contributed by atoms with van der Waals surface area (Å²) in [6.45, 7) is 1.46. The Hall–Kier alpha value is -1.46. The number of rotatable bonds is 4. The molecule has 1 aliphatic carbocycles. The van der Waals surface area contributed by atoms with Crippen LogP contribution in [0.15, 0.2) is 24.3 Å². The predicted molar refractivity (Wildman–Crippen MR) is 76.7 cm³/mol. The molecule has 2 heterocycles. The van der Waals surface area contributed by atoms with Crippen LogP contribution in [0.5, 0.6) is 0 Å². The molecule has 5 heteroatoms. The van der Waals surface area contributed by atoms with E-state index in [2.05, 4.69) is 10.4 Å². The Morgan fingerprint density at radius 3 is 2.67 bits per heavy atom. The topological polar surface area (TPSA) is 41.6 Å². The van der Waals surface area contributed by atoms with Crippen LogP contribution in [-0.4, -0.2) is 30.2 Å². The number of hydrogen-bond donors (Lipinski definition) is 1. The number of fused-ring (bicyclic) bond motifs is 3. The van der Waals surface area contributed by atoms with E-state index in [0.29, 0.717) is 12.5 Å². The van der Waals surface area contributed by atoms with Gasteiger partial charge in [-0.1, -0.05) is 12.1 Å². The lowest BCUT2D eigenvalue weighted by atomic mass is 9.71. The number of methoxy groups -OCH3 is 1. The molecule has 1 aromatic rings. The standard InChI is InChI=1S/C16H21FN2O2/c1-21-15(20)16-8-6-13(7-9-16)11-19(16)18-10-12-2-4-14(17)5-3-12/h2-5,13,18H,6-11H2,1H3. The molecule has 4 nitrogen and oxygen atoms in total. The Morgan fingerprint density at radius 1 is 1.38 bits per heavy atom. The van der Waals surface area contributed by atoms with Crippen molar-refractivity contribution in [2.75, 3.05) is 13.7 Å². The molecule has 3 fully saturated rings. The molecule has 1 saturated carbocycles. The first-order valence-corrected chi connectivity index (χ1v) is 7.48. The van der Waals surface area contributed by atoms with Gasteiger partial charge in [-0.25, -0.2) is 19.6 Å². The van der Waals surface area contributed by atoms with E-state index < -0.39 is 5.54 Å². The zero-order valence-corrected chi connectivity index (χ0v) is 12.3. The Morgan fingerprint density at radius 2 is 2.05 bits per heavy atom. The van der Waals surface area contributed by atoms with Crippen molar-refractivity contribution in [2.24, 2.45) is 5.92 Å². The molecule has 2 saturated heterocycles. The fraction of sp³-hybridized carbons (Fsp3) is 0.562. The Labute approximate surface area is 124 Å². The quantitative estimate of drug-likeness (QED) is 0.864. The van der Waals surface area contributed by atoms with Gasteiger partial charge in [0.2, 0.25) is 0 Å². The number of nitrogens with zero attached hydrogens (tertiary/aromatic N) is 1. The van der Waals surface area contributed by atoms with Gasteiger partial charge in [-0.2, -0.15) is 0 Å². The Bertz CT molecular complexity index is 510. The molecule has 21 heavy (non-hydrogen) atoms. The van der Waals surface area contributed by atoms with Crippen LogP contribution in [-0.2, 0) is 16.1 Å². The van der Waals surface area contributed by atoms with Crippen LogP contribution < -0.4 is 5.43 Å². The van der Waals surface area contributed by atoms with Crippen molar-refractivity contribution in [1.29, 1.82) is 0 Å². The minimum absolute atomic E-state index is 0.146. The molecule has 3 aliphatic rings. The molecule has 0 unspecified atom stereocenters. The molecule has 1 aromatic carbocycles. The number of ether oxygens (including phenoxy) is 1. The smallest absolute Gasteiger partial charge is 0.327 e. The third-order valence-corrected chi connectivity index (χ3v) is 4.84. The summed E-state index contributed by atoms with van der Waals surface area (Å²) < 4.78 is 18.0. The number of hydrazine groups is 1. The van der Waals surface area contributed by atoms with E-state index in [4.69, 9.17) is 4.74 Å². The molecule has 0 radical (unpaired) electrons. The van der Waals surface area contributed by atoms with E-state index in [1.165, 1.54) is 19.2 Å². The van der Waals surface area contributed by atoms with Gasteiger partial charge in [0.1, 0.15) is 11.4 Å². The molecular weight excluding hydrogens is 271 g/mol. The number of esters is 1. The van der Waals surface area contributed by atoms with Crippen molar-refractivity contribution in [3.63, 3.8) is 0 Å². The van der Waals surface area contributed by atoms with Crippen molar-refractivity contribution in [3.05, 3.63) is 35.6 Å². The fourth-order valence-electron chi connectivity index (χ4n) is 3.55. The number of carbonyl (C=O) groups excluding carboxylic acids is 1. The summed E-state index contributed by atoms with van der Waals surface area (Å²) in [5, 5.41) is 2.06. The van der Waals surface area contributed by atoms with Crippen LogP contribution in [0.1, 0.15) is 31.2 Å². The SMILES string of the molecule is COC(=O)C12CCC(CC1)CN2NCc1ccc(F)cc1. The van der Waals surface area contributed by atoms with Crippen LogP contribution in [0.3, 0.4) is 0 Å². The minimum Gasteiger partial charge on any atom is -0.468 e. The van der Waals surface area contributed by atoms with Crippen LogP contribution in [0.25, 0.3) is 0 Å². The lowest BCUT2D eigenvalue weighted by Crippen LogP contribution is -2.66. The van der Waals surface area contributed by atoms with Gasteiger partial charge in [0, 0.05) is 13.1 Å². The van der Waals surface area contributed by atoms with E-state index in [1.807, 2.05) is 0 Å². The highest BCUT2D eigenvalue weighted by molar-refractivity contribution is 5.81. The van der Waals surface area contributed by atoms with Crippen LogP contribution in [0.4, 0.5) is 4.39 Å². The third-order valence-electron chi connectivity index (χ3n) is 4.84. The maximum absolute atomic E-state index is 12.9. The zero-order chi connectivity index (χ0) is 14.9. The van der Waals surface area contributed by atoms with Crippen LogP contribution in [0, 0.1) is 11.7 Å². The molecule has 1 N–H and O–H groups in total. The zero-order valence-electron chi connectivity index (χ0n) is 12.3. The monoisotopic (exact) mass is 292 g/mol. The number of halogens is 1. The molecule has 4 rings (SSSR count). The number of benzene rings is 1. The number of hydrogen-bond acceptors (Lipinski definition) is 4. The second kappa shape index (κ2) is 5.73. The van der Waals surface area contributed by atoms with Gasteiger partial charge in [-0.3, -0.25) is 0 Å². The van der Waals surface area contributed by atoms with Gasteiger partial charge in [-0.05, 0) is 49.3 Å². The first kappa shape index (κ1) is 14.5. The maximum atomic E-state index is 12.9. The summed E-state index contributed by atoms with van der Waals surface area (Å²) in [7, 11) is 1.45. The minimum atomic E-state index is -0.524. The molecule has 0 amide bonds. The summed E-state index contributed by atoms with van der Waals surface area (Å²) in [5.41, 5.74) is 3.83. The van der Waals surface area contributed by atoms with Crippen LogP contribution in [0.2, 0.25) is 0 Å². The predicted octanol–water partition coefficient (Wildman–Crippen LogP) is 2.25. The first-order valence-electron chi connectivity index (χ1n) is 7.48. The lowest BCUT2D eigenvalue weighted by Gasteiger charge is -2.52. The maximum Gasteiger partial charge on any atom is 0.327 e. The van der Waals surface area contributed by atoms with Gasteiger partial charge in [0.25, 0.3) is 0 Å². The van der Waals surface area contributed by atoms with Crippen molar-refractivity contribution < 1.29 is 13.9 Å². The largest absolute Gasteiger partial charge is 0.468 e. The van der Waals surface area contributed by atoms with E-state index in [9.17, 15) is 9.18 Å². The summed E-state index contributed by atoms with van der Waals surface area (Å²) in [6.07, 6.45) is 3.87. The van der Waals surface area contributed by atoms with E-state index in [-0.39, 0.29) is 11.8 Å². The highest BCUT2D eigenvalue weighted by Crippen LogP contribution is 2.42. The molecule has 0 atom stereocenters. The van der Waals surface area contributed by atoms with Gasteiger partial charge in [0.05, 0.1) is 7.11 Å². The Balaban J connectivity index is 1.71. The van der Waals surface area contributed by atoms with E-state index >= 15 is 0 Å². The Kier molecular flexibility index (Phi) is 3.95. The van der Waals surface area contributed by atoms with Gasteiger partial charge >= 0.3 is 5.97 Å². The molecule has 2 bridgehead atoms. The van der Waals surface area contributed by atoms with Crippen LogP contribution >= 0.6 is 0 Å². The van der Waals surface area contributed by atoms with Gasteiger partial charge in [0.15, 0.2) is 0 Å². The number of nitrogens with one attached hydrogen (secondary N) is 1. The highest BCUT2D eigenvalue weighted by Gasteiger charge is 2.52. The van der Waals surface area contributed by atoms with Crippen molar-refractivity contribution in [3.8, 4) is 0 Å². The summed E-state index contributed by atoms with van der Waals surface area (Å²) in [6, 6.07) is 6.43. The normalized spacial score (nSPS) is 28.6. The van der Waals surface area contributed by atoms with Crippen molar-refractivity contribution >= 4 is 5.97 Å². The lowest BCUT2D eigenvalue weighted by molar-refractivity contribution is -0.170. The van der Waals surface area contributed by atoms with Gasteiger partial charge < -0.3 is 4.74 Å². The van der Waals surface area contributed by atoms with E-state index in [0.717, 1.165) is 37.8 Å². The second-order valence-electron chi connectivity index (χ2n) is 6.04. The number of piperidine rings is 2. The summed E-state index contributed by atoms with van der Waals surface area (Å²) in [5.74, 6) is 0.270. The first-order chi connectivity index (χ1) is 10.1. The average molecular weight is 292 g/mol. The fourth-order valence-corrected chi connectivity index (χ4v) is 3.55. The third kappa shape index (κ3) is 2.68. The molecular formula is C16H21FN2O2. The second-order valence-corrected chi connectivity index (χ2v) is 6.04. The number of carbonyl (C=O) groups is 1. The van der Waals surface area contributed by atoms with E-state index in [1.54, 1.807) is 12.1 Å². The summed E-state index contributed by atoms with van der Waals surface area (Å²) >= 11 is 0. The van der Waals surface area contributed by atoms with Crippen molar-refractivity contribution in [1.82, 2.24) is 10.4 Å². The highest BCUT2D eigenvalue weighted by atomic mass is 19.1. The molecule has 114 valence electrons. The van der Waals surface area contributed by atoms with Crippen molar-refractivity contribution in [2.45, 2.75) is 37.8 Å². The average Bonchev–Trinajstić information content (AvgIpc) is 2.54.